The van der Waals surface area contributed by atoms with E-state index in [4.69, 9.17) is 16.3 Å². The summed E-state index contributed by atoms with van der Waals surface area (Å²) in [4.78, 5) is 23.4. The first kappa shape index (κ1) is 25.2. The Hall–Kier alpha value is -4.41. The fourth-order valence-electron chi connectivity index (χ4n) is 3.98. The number of para-hydroxylation sites is 1. The molecule has 0 fully saturated rings. The minimum Gasteiger partial charge on any atom is -0.478 e. The second kappa shape index (κ2) is 9.81. The molecular formula is C27H21ClN4O5S. The average molecular weight is 549 g/mol. The minimum absolute atomic E-state index is 0.139. The van der Waals surface area contributed by atoms with E-state index < -0.39 is 16.0 Å². The molecule has 192 valence electrons. The third-order valence-corrected chi connectivity index (χ3v) is 6.63. The van der Waals surface area contributed by atoms with Crippen LogP contribution in [0.2, 0.25) is 5.02 Å². The van der Waals surface area contributed by atoms with Crippen molar-refractivity contribution in [2.24, 2.45) is 0 Å². The summed E-state index contributed by atoms with van der Waals surface area (Å²) in [6.07, 6.45) is 1.11. The Morgan fingerprint density at radius 2 is 1.71 bits per heavy atom. The van der Waals surface area contributed by atoms with Gasteiger partial charge >= 0.3 is 12.0 Å². The lowest BCUT2D eigenvalue weighted by molar-refractivity contribution is 0.0695. The van der Waals surface area contributed by atoms with Crippen molar-refractivity contribution in [2.75, 3.05) is 11.0 Å². The summed E-state index contributed by atoms with van der Waals surface area (Å²) in [7, 11) is -3.43. The molecule has 0 aliphatic heterocycles. The van der Waals surface area contributed by atoms with Gasteiger partial charge in [0.15, 0.2) is 5.65 Å². The van der Waals surface area contributed by atoms with E-state index in [-0.39, 0.29) is 11.6 Å². The summed E-state index contributed by atoms with van der Waals surface area (Å²) >= 11 is 6.54. The Morgan fingerprint density at radius 3 is 2.42 bits per heavy atom. The summed E-state index contributed by atoms with van der Waals surface area (Å²) in [5.41, 5.74) is 4.96. The van der Waals surface area contributed by atoms with Gasteiger partial charge < -0.3 is 14.8 Å². The van der Waals surface area contributed by atoms with Crippen molar-refractivity contribution in [3.63, 3.8) is 0 Å². The minimum atomic E-state index is -3.43. The van der Waals surface area contributed by atoms with Gasteiger partial charge in [-0.15, -0.1) is 0 Å². The summed E-state index contributed by atoms with van der Waals surface area (Å²) in [5, 5.41) is 9.74. The summed E-state index contributed by atoms with van der Waals surface area (Å²) in [6.45, 7) is 1.71. The number of rotatable bonds is 7. The van der Waals surface area contributed by atoms with Crippen molar-refractivity contribution < 1.29 is 23.1 Å². The third-order valence-electron chi connectivity index (χ3n) is 5.75. The van der Waals surface area contributed by atoms with Crippen LogP contribution in [0.1, 0.15) is 15.9 Å². The number of aromatic amines is 1. The zero-order chi connectivity index (χ0) is 27.0. The number of sulfonamides is 1. The molecule has 3 aromatic carbocycles. The lowest BCUT2D eigenvalue weighted by atomic mass is 10.0. The number of anilines is 1. The van der Waals surface area contributed by atoms with Gasteiger partial charge in [0.05, 0.1) is 33.7 Å². The van der Waals surface area contributed by atoms with Crippen molar-refractivity contribution in [3.8, 4) is 34.1 Å². The molecule has 0 saturated carbocycles. The maximum Gasteiger partial charge on any atom is 0.336 e. The van der Waals surface area contributed by atoms with Crippen LogP contribution in [-0.2, 0) is 10.0 Å². The molecule has 0 amide bonds. The van der Waals surface area contributed by atoms with Gasteiger partial charge in [-0.25, -0.2) is 18.2 Å². The Morgan fingerprint density at radius 1 is 1.00 bits per heavy atom. The molecule has 5 rings (SSSR count). The quantitative estimate of drug-likeness (QED) is 0.223. The molecule has 5 aromatic rings. The summed E-state index contributed by atoms with van der Waals surface area (Å²) in [6, 6.07) is 21.1. The van der Waals surface area contributed by atoms with E-state index in [1.807, 2.05) is 36.4 Å². The van der Waals surface area contributed by atoms with E-state index in [1.165, 1.54) is 6.07 Å². The highest BCUT2D eigenvalue weighted by atomic mass is 35.5. The fourth-order valence-corrected chi connectivity index (χ4v) is 4.82. The molecular weight excluding hydrogens is 528 g/mol. The number of carbonyl (C=O) groups is 1. The maximum absolute atomic E-state index is 11.8. The second-order valence-electron chi connectivity index (χ2n) is 8.61. The van der Waals surface area contributed by atoms with Crippen LogP contribution in [0.3, 0.4) is 0 Å². The van der Waals surface area contributed by atoms with Crippen LogP contribution < -0.4 is 9.46 Å². The lowest BCUT2D eigenvalue weighted by Crippen LogP contribution is -2.10. The molecule has 0 atom stereocenters. The Labute approximate surface area is 223 Å². The molecule has 0 aliphatic rings. The zero-order valence-corrected chi connectivity index (χ0v) is 21.8. The lowest BCUT2D eigenvalue weighted by Gasteiger charge is -2.11. The first-order valence-corrected chi connectivity index (χ1v) is 13.6. The number of hydrogen-bond acceptors (Lipinski definition) is 6. The number of ether oxygens (including phenoxy) is 1. The highest BCUT2D eigenvalue weighted by molar-refractivity contribution is 7.92. The number of H-pyrrole nitrogens is 1. The molecule has 0 spiro atoms. The first-order chi connectivity index (χ1) is 18.1. The van der Waals surface area contributed by atoms with Crippen molar-refractivity contribution in [1.29, 1.82) is 0 Å². The van der Waals surface area contributed by atoms with Crippen molar-refractivity contribution in [1.82, 2.24) is 15.0 Å². The van der Waals surface area contributed by atoms with Crippen LogP contribution in [0.5, 0.6) is 11.8 Å². The number of halogens is 1. The van der Waals surface area contributed by atoms with Gasteiger partial charge in [0.25, 0.3) is 0 Å². The number of hydrogen-bond donors (Lipinski definition) is 3. The van der Waals surface area contributed by atoms with Crippen molar-refractivity contribution in [3.05, 3.63) is 88.9 Å². The van der Waals surface area contributed by atoms with Gasteiger partial charge in [0.1, 0.15) is 5.75 Å². The van der Waals surface area contributed by atoms with Crippen LogP contribution in [0.25, 0.3) is 33.5 Å². The number of aryl methyl sites for hydroxylation is 1. The smallest absolute Gasteiger partial charge is 0.336 e. The molecule has 0 radical (unpaired) electrons. The van der Waals surface area contributed by atoms with Gasteiger partial charge in [0, 0.05) is 11.1 Å². The van der Waals surface area contributed by atoms with E-state index in [0.717, 1.165) is 22.9 Å². The standard InChI is InChI=1S/C27H21ClN4O5S/c1-15-7-12-18(13-20(15)26(33)34)37-27-29-23-14-21(28)24(30-25(23)31-27)17-10-8-16(9-11-17)19-5-3-4-6-22(19)32-38(2,35)36/h3-14,32H,1-2H3,(H,33,34)(H,29,30,31). The molecule has 3 N–H and O–H groups in total. The third kappa shape index (κ3) is 5.31. The van der Waals surface area contributed by atoms with Gasteiger partial charge in [-0.2, -0.15) is 4.98 Å². The molecule has 0 unspecified atom stereocenters. The molecule has 0 aliphatic carbocycles. The van der Waals surface area contributed by atoms with Gasteiger partial charge in [-0.05, 0) is 42.3 Å². The van der Waals surface area contributed by atoms with E-state index in [1.54, 1.807) is 37.3 Å². The molecule has 0 saturated heterocycles. The number of nitrogens with zero attached hydrogens (tertiary/aromatic N) is 2. The van der Waals surface area contributed by atoms with Crippen molar-refractivity contribution >= 4 is 44.4 Å². The SMILES string of the molecule is Cc1ccc(Oc2nc3nc(-c4ccc(-c5ccccc5NS(C)(=O)=O)cc4)c(Cl)cc3[nH]2)cc1C(=O)O. The van der Waals surface area contributed by atoms with E-state index in [0.29, 0.717) is 38.9 Å². The van der Waals surface area contributed by atoms with Crippen LogP contribution in [0.4, 0.5) is 5.69 Å². The van der Waals surface area contributed by atoms with E-state index >= 15 is 0 Å². The molecule has 2 aromatic heterocycles. The van der Waals surface area contributed by atoms with Crippen molar-refractivity contribution in [2.45, 2.75) is 6.92 Å². The monoisotopic (exact) mass is 548 g/mol. The maximum atomic E-state index is 11.8. The number of aromatic nitrogens is 3. The number of carboxylic acid groups (broad SMARTS) is 1. The predicted octanol–water partition coefficient (Wildman–Crippen LogP) is 6.12. The van der Waals surface area contributed by atoms with Gasteiger partial charge in [-0.1, -0.05) is 60.1 Å². The van der Waals surface area contributed by atoms with Gasteiger partial charge in [0.2, 0.25) is 10.0 Å². The molecule has 0 bridgehead atoms. The van der Waals surface area contributed by atoms with Gasteiger partial charge in [-0.3, -0.25) is 4.72 Å². The van der Waals surface area contributed by atoms with Crippen LogP contribution >= 0.6 is 11.6 Å². The number of benzene rings is 3. The second-order valence-corrected chi connectivity index (χ2v) is 10.8. The number of nitrogens with one attached hydrogen (secondary N) is 2. The highest BCUT2D eigenvalue weighted by Crippen LogP contribution is 2.34. The molecule has 11 heteroatoms. The number of aromatic carboxylic acids is 1. The fraction of sp³-hybridized carbons (Fsp3) is 0.0741. The number of pyridine rings is 1. The number of fused-ring (bicyclic) bond motifs is 1. The Balaban J connectivity index is 1.44. The number of imidazole rings is 1. The first-order valence-electron chi connectivity index (χ1n) is 11.3. The topological polar surface area (TPSA) is 134 Å². The van der Waals surface area contributed by atoms with E-state index in [2.05, 4.69) is 19.7 Å². The highest BCUT2D eigenvalue weighted by Gasteiger charge is 2.15. The van der Waals surface area contributed by atoms with Crippen LogP contribution in [-0.4, -0.2) is 40.7 Å². The Kier molecular flexibility index (Phi) is 6.52. The Bertz CT molecular complexity index is 1800. The predicted molar refractivity (Wildman–Crippen MR) is 146 cm³/mol. The van der Waals surface area contributed by atoms with Crippen LogP contribution in [0, 0.1) is 6.92 Å². The largest absolute Gasteiger partial charge is 0.478 e. The molecule has 2 heterocycles. The molecule has 9 nitrogen and oxygen atoms in total. The number of carboxylic acids is 1. The van der Waals surface area contributed by atoms with Crippen LogP contribution in [0.15, 0.2) is 72.8 Å². The average Bonchev–Trinajstić information content (AvgIpc) is 3.25. The van der Waals surface area contributed by atoms with E-state index in [9.17, 15) is 18.3 Å². The normalized spacial score (nSPS) is 11.4. The summed E-state index contributed by atoms with van der Waals surface area (Å²) < 4.78 is 31.8. The molecule has 38 heavy (non-hydrogen) atoms. The zero-order valence-electron chi connectivity index (χ0n) is 20.2. The summed E-state index contributed by atoms with van der Waals surface area (Å²) in [5.74, 6) is -0.726.